The number of benzene rings is 1. The van der Waals surface area contributed by atoms with Crippen LogP contribution in [0.2, 0.25) is 0 Å². The van der Waals surface area contributed by atoms with E-state index in [4.69, 9.17) is 18.0 Å². The summed E-state index contributed by atoms with van der Waals surface area (Å²) in [5.74, 6) is -0.393. The van der Waals surface area contributed by atoms with Crippen molar-refractivity contribution in [1.82, 2.24) is 4.98 Å². The van der Waals surface area contributed by atoms with Gasteiger partial charge in [0.15, 0.2) is 0 Å². The molecule has 0 aliphatic rings. The molecule has 2 rings (SSSR count). The van der Waals surface area contributed by atoms with E-state index in [-0.39, 0.29) is 4.99 Å². The van der Waals surface area contributed by atoms with E-state index in [0.717, 1.165) is 11.4 Å². The van der Waals surface area contributed by atoms with Crippen LogP contribution in [0.5, 0.6) is 0 Å². The summed E-state index contributed by atoms with van der Waals surface area (Å²) in [5.41, 5.74) is 8.55. The second-order valence-corrected chi connectivity index (χ2v) is 5.22. The number of pyridine rings is 1. The minimum atomic E-state index is -0.393. The van der Waals surface area contributed by atoms with E-state index in [1.54, 1.807) is 6.07 Å². The Morgan fingerprint density at radius 3 is 2.62 bits per heavy atom. The number of nitrogens with zero attached hydrogens (tertiary/aromatic N) is 2. The van der Waals surface area contributed by atoms with Crippen LogP contribution in [-0.4, -0.2) is 16.5 Å². The van der Waals surface area contributed by atoms with Gasteiger partial charge in [-0.1, -0.05) is 24.4 Å². The second kappa shape index (κ2) is 6.63. The van der Waals surface area contributed by atoms with Crippen LogP contribution in [-0.2, 0) is 6.54 Å². The molecule has 0 radical (unpaired) electrons. The molecule has 0 aliphatic heterocycles. The predicted octanol–water partition coefficient (Wildman–Crippen LogP) is 3.19. The Morgan fingerprint density at radius 2 is 2.00 bits per heavy atom. The lowest BCUT2D eigenvalue weighted by atomic mass is 10.1. The van der Waals surface area contributed by atoms with Gasteiger partial charge in [0, 0.05) is 12.2 Å². The summed E-state index contributed by atoms with van der Waals surface area (Å²) in [5, 5.41) is 0. The van der Waals surface area contributed by atoms with Crippen molar-refractivity contribution < 1.29 is 4.39 Å². The molecule has 1 heterocycles. The number of hydrogen-bond donors (Lipinski definition) is 1. The summed E-state index contributed by atoms with van der Waals surface area (Å²) in [4.78, 5) is 6.57. The molecule has 1 aromatic carbocycles. The zero-order valence-electron chi connectivity index (χ0n) is 12.1. The Hall–Kier alpha value is -2.01. The summed E-state index contributed by atoms with van der Waals surface area (Å²) in [6.07, 6.45) is 0. The van der Waals surface area contributed by atoms with E-state index >= 15 is 0 Å². The van der Waals surface area contributed by atoms with Crippen LogP contribution in [0.4, 0.5) is 10.1 Å². The fourth-order valence-corrected chi connectivity index (χ4v) is 2.47. The summed E-state index contributed by atoms with van der Waals surface area (Å²) < 4.78 is 14.0. The van der Waals surface area contributed by atoms with Crippen molar-refractivity contribution in [2.75, 3.05) is 11.4 Å². The lowest BCUT2D eigenvalue weighted by Crippen LogP contribution is -2.26. The number of rotatable bonds is 5. The maximum absolute atomic E-state index is 14.0. The molecule has 2 aromatic rings. The molecule has 0 aliphatic carbocycles. The van der Waals surface area contributed by atoms with Crippen LogP contribution in [0.1, 0.15) is 23.9 Å². The lowest BCUT2D eigenvalue weighted by Gasteiger charge is -2.25. The van der Waals surface area contributed by atoms with E-state index in [9.17, 15) is 4.39 Å². The largest absolute Gasteiger partial charge is 0.389 e. The zero-order chi connectivity index (χ0) is 15.4. The van der Waals surface area contributed by atoms with Gasteiger partial charge in [-0.3, -0.25) is 4.98 Å². The number of hydrogen-bond acceptors (Lipinski definition) is 3. The number of halogens is 1. The standard InChI is InChI=1S/C16H18FN3S/c1-3-20(10-12-7-4-6-11(2)19-12)14-9-5-8-13(17)15(14)16(18)21/h4-9H,3,10H2,1-2H3,(H2,18,21). The van der Waals surface area contributed by atoms with Gasteiger partial charge in [-0.15, -0.1) is 0 Å². The van der Waals surface area contributed by atoms with Crippen LogP contribution >= 0.6 is 12.2 Å². The van der Waals surface area contributed by atoms with E-state index in [2.05, 4.69) is 4.98 Å². The Bertz CT molecular complexity index is 658. The average Bonchev–Trinajstić information content (AvgIpc) is 2.44. The maximum atomic E-state index is 14.0. The average molecular weight is 303 g/mol. The summed E-state index contributed by atoms with van der Waals surface area (Å²) in [6, 6.07) is 10.7. The molecule has 21 heavy (non-hydrogen) atoms. The fraction of sp³-hybridized carbons (Fsp3) is 0.250. The normalized spacial score (nSPS) is 10.4. The van der Waals surface area contributed by atoms with Gasteiger partial charge in [0.25, 0.3) is 0 Å². The highest BCUT2D eigenvalue weighted by Crippen LogP contribution is 2.24. The Morgan fingerprint density at radius 1 is 1.29 bits per heavy atom. The van der Waals surface area contributed by atoms with Gasteiger partial charge in [-0.25, -0.2) is 4.39 Å². The number of nitrogens with two attached hydrogens (primary N) is 1. The van der Waals surface area contributed by atoms with Crippen molar-refractivity contribution in [3.05, 3.63) is 59.2 Å². The molecule has 2 N–H and O–H groups in total. The van der Waals surface area contributed by atoms with Crippen LogP contribution in [0.15, 0.2) is 36.4 Å². The monoisotopic (exact) mass is 303 g/mol. The SMILES string of the molecule is CCN(Cc1cccc(C)n1)c1cccc(F)c1C(N)=S. The molecule has 0 spiro atoms. The summed E-state index contributed by atoms with van der Waals surface area (Å²) in [6.45, 7) is 5.23. The fourth-order valence-electron chi connectivity index (χ4n) is 2.27. The molecular formula is C16H18FN3S. The Balaban J connectivity index is 2.38. The molecule has 0 amide bonds. The maximum Gasteiger partial charge on any atom is 0.135 e. The van der Waals surface area contributed by atoms with Gasteiger partial charge in [0.2, 0.25) is 0 Å². The van der Waals surface area contributed by atoms with Gasteiger partial charge in [-0.2, -0.15) is 0 Å². The minimum Gasteiger partial charge on any atom is -0.389 e. The highest BCUT2D eigenvalue weighted by atomic mass is 32.1. The van der Waals surface area contributed by atoms with E-state index in [1.165, 1.54) is 6.07 Å². The molecule has 3 nitrogen and oxygen atoms in total. The van der Waals surface area contributed by atoms with Crippen LogP contribution in [0, 0.1) is 12.7 Å². The quantitative estimate of drug-likeness (QED) is 0.861. The number of thiocarbonyl (C=S) groups is 1. The van der Waals surface area contributed by atoms with Gasteiger partial charge >= 0.3 is 0 Å². The van der Waals surface area contributed by atoms with Crippen molar-refractivity contribution in [2.45, 2.75) is 20.4 Å². The van der Waals surface area contributed by atoms with Crippen molar-refractivity contribution >= 4 is 22.9 Å². The van der Waals surface area contributed by atoms with Crippen LogP contribution in [0.3, 0.4) is 0 Å². The highest BCUT2D eigenvalue weighted by Gasteiger charge is 2.16. The first kappa shape index (κ1) is 15.4. The van der Waals surface area contributed by atoms with Gasteiger partial charge in [0.05, 0.1) is 23.5 Å². The number of anilines is 1. The van der Waals surface area contributed by atoms with Crippen molar-refractivity contribution in [1.29, 1.82) is 0 Å². The predicted molar refractivity (Wildman–Crippen MR) is 88.0 cm³/mol. The van der Waals surface area contributed by atoms with Gasteiger partial charge < -0.3 is 10.6 Å². The summed E-state index contributed by atoms with van der Waals surface area (Å²) in [7, 11) is 0. The lowest BCUT2D eigenvalue weighted by molar-refractivity contribution is 0.624. The van der Waals surface area contributed by atoms with Gasteiger partial charge in [0.1, 0.15) is 10.8 Å². The zero-order valence-corrected chi connectivity index (χ0v) is 13.0. The molecule has 0 saturated carbocycles. The number of aryl methyl sites for hydroxylation is 1. The first-order valence-corrected chi connectivity index (χ1v) is 7.19. The molecule has 1 aromatic heterocycles. The van der Waals surface area contributed by atoms with Crippen molar-refractivity contribution in [3.8, 4) is 0 Å². The van der Waals surface area contributed by atoms with E-state index in [0.29, 0.717) is 24.3 Å². The molecule has 110 valence electrons. The van der Waals surface area contributed by atoms with Gasteiger partial charge in [-0.05, 0) is 38.1 Å². The van der Waals surface area contributed by atoms with Crippen molar-refractivity contribution in [3.63, 3.8) is 0 Å². The number of aromatic nitrogens is 1. The second-order valence-electron chi connectivity index (χ2n) is 4.78. The molecule has 0 fully saturated rings. The molecule has 0 atom stereocenters. The van der Waals surface area contributed by atoms with Crippen molar-refractivity contribution in [2.24, 2.45) is 5.73 Å². The molecule has 0 saturated heterocycles. The molecule has 0 bridgehead atoms. The highest BCUT2D eigenvalue weighted by molar-refractivity contribution is 7.80. The molecular weight excluding hydrogens is 285 g/mol. The third-order valence-electron chi connectivity index (χ3n) is 3.26. The topological polar surface area (TPSA) is 42.2 Å². The van der Waals surface area contributed by atoms with E-state index < -0.39 is 5.82 Å². The van der Waals surface area contributed by atoms with E-state index in [1.807, 2.05) is 43.0 Å². The Kier molecular flexibility index (Phi) is 4.85. The minimum absolute atomic E-state index is 0.0683. The first-order chi connectivity index (χ1) is 10.0. The molecule has 5 heteroatoms. The third kappa shape index (κ3) is 3.55. The smallest absolute Gasteiger partial charge is 0.135 e. The summed E-state index contributed by atoms with van der Waals surface area (Å²) >= 11 is 4.99. The first-order valence-electron chi connectivity index (χ1n) is 6.78. The Labute approximate surface area is 129 Å². The van der Waals surface area contributed by atoms with Crippen LogP contribution in [0.25, 0.3) is 0 Å². The molecule has 0 unspecified atom stereocenters. The van der Waals surface area contributed by atoms with Crippen LogP contribution < -0.4 is 10.6 Å². The third-order valence-corrected chi connectivity index (χ3v) is 3.46.